The Bertz CT molecular complexity index is 771. The number of aryl methyl sites for hydroxylation is 1. The van der Waals surface area contributed by atoms with Gasteiger partial charge in [-0.1, -0.05) is 12.1 Å². The number of rotatable bonds is 5. The van der Waals surface area contributed by atoms with E-state index < -0.39 is 0 Å². The minimum atomic E-state index is -0.104. The number of carbonyl (C=O) groups is 1. The SMILES string of the molecule is Cn1nc(-c2cccs2)cc1CNC(=O)C=Cc1cccs1. The lowest BCUT2D eigenvalue weighted by atomic mass is 10.3. The summed E-state index contributed by atoms with van der Waals surface area (Å²) in [6.07, 6.45) is 3.38. The predicted molar refractivity (Wildman–Crippen MR) is 91.7 cm³/mol. The van der Waals surface area contributed by atoms with Crippen LogP contribution in [0, 0.1) is 0 Å². The van der Waals surface area contributed by atoms with Crippen molar-refractivity contribution in [3.63, 3.8) is 0 Å². The molecule has 0 aliphatic carbocycles. The van der Waals surface area contributed by atoms with Gasteiger partial charge in [-0.05, 0) is 35.0 Å². The maximum atomic E-state index is 11.8. The van der Waals surface area contributed by atoms with Crippen LogP contribution in [-0.2, 0) is 18.4 Å². The molecule has 0 radical (unpaired) electrons. The van der Waals surface area contributed by atoms with E-state index in [1.165, 1.54) is 0 Å². The van der Waals surface area contributed by atoms with E-state index in [9.17, 15) is 4.79 Å². The summed E-state index contributed by atoms with van der Waals surface area (Å²) in [6, 6.07) is 9.99. The maximum Gasteiger partial charge on any atom is 0.244 e. The first-order valence-electron chi connectivity index (χ1n) is 6.78. The summed E-state index contributed by atoms with van der Waals surface area (Å²) >= 11 is 3.26. The molecule has 0 aliphatic heterocycles. The number of amides is 1. The second-order valence-electron chi connectivity index (χ2n) is 4.69. The Morgan fingerprint density at radius 3 is 2.86 bits per heavy atom. The van der Waals surface area contributed by atoms with Gasteiger partial charge in [-0.2, -0.15) is 5.10 Å². The fourth-order valence-electron chi connectivity index (χ4n) is 2.00. The van der Waals surface area contributed by atoms with Gasteiger partial charge >= 0.3 is 0 Å². The molecule has 0 saturated carbocycles. The second kappa shape index (κ2) is 6.72. The van der Waals surface area contributed by atoms with Gasteiger partial charge in [0.2, 0.25) is 5.91 Å². The maximum absolute atomic E-state index is 11.8. The zero-order valence-corrected chi connectivity index (χ0v) is 13.7. The first-order chi connectivity index (χ1) is 10.7. The summed E-state index contributed by atoms with van der Waals surface area (Å²) in [4.78, 5) is 14.0. The average molecular weight is 329 g/mol. The first-order valence-corrected chi connectivity index (χ1v) is 8.54. The van der Waals surface area contributed by atoms with Crippen LogP contribution in [0.25, 0.3) is 16.6 Å². The molecule has 0 aromatic carbocycles. The van der Waals surface area contributed by atoms with Crippen LogP contribution in [0.3, 0.4) is 0 Å². The Balaban J connectivity index is 1.61. The van der Waals surface area contributed by atoms with Crippen molar-refractivity contribution in [2.75, 3.05) is 0 Å². The minimum absolute atomic E-state index is 0.104. The molecule has 0 atom stereocenters. The molecule has 0 bridgehead atoms. The third kappa shape index (κ3) is 3.52. The van der Waals surface area contributed by atoms with Gasteiger partial charge in [0.15, 0.2) is 0 Å². The molecule has 3 heterocycles. The summed E-state index contributed by atoms with van der Waals surface area (Å²) in [5, 5.41) is 11.4. The lowest BCUT2D eigenvalue weighted by molar-refractivity contribution is -0.116. The zero-order valence-electron chi connectivity index (χ0n) is 12.0. The van der Waals surface area contributed by atoms with Crippen LogP contribution in [0.5, 0.6) is 0 Å². The van der Waals surface area contributed by atoms with Gasteiger partial charge in [0.25, 0.3) is 0 Å². The smallest absolute Gasteiger partial charge is 0.244 e. The lowest BCUT2D eigenvalue weighted by Gasteiger charge is -2.02. The highest BCUT2D eigenvalue weighted by Crippen LogP contribution is 2.23. The van der Waals surface area contributed by atoms with Gasteiger partial charge in [0.05, 0.1) is 17.1 Å². The number of nitrogens with one attached hydrogen (secondary N) is 1. The Labute approximate surface area is 136 Å². The highest BCUT2D eigenvalue weighted by atomic mass is 32.1. The molecule has 1 N–H and O–H groups in total. The summed E-state index contributed by atoms with van der Waals surface area (Å²) in [7, 11) is 1.89. The van der Waals surface area contributed by atoms with E-state index in [4.69, 9.17) is 0 Å². The van der Waals surface area contributed by atoms with Crippen molar-refractivity contribution in [3.05, 3.63) is 57.7 Å². The first kappa shape index (κ1) is 14.7. The van der Waals surface area contributed by atoms with Crippen LogP contribution in [0.4, 0.5) is 0 Å². The monoisotopic (exact) mass is 329 g/mol. The topological polar surface area (TPSA) is 46.9 Å². The molecule has 3 aromatic rings. The van der Waals surface area contributed by atoms with Crippen molar-refractivity contribution >= 4 is 34.7 Å². The van der Waals surface area contributed by atoms with E-state index >= 15 is 0 Å². The predicted octanol–water partition coefficient (Wildman–Crippen LogP) is 3.54. The van der Waals surface area contributed by atoms with Crippen LogP contribution >= 0.6 is 22.7 Å². The summed E-state index contributed by atoms with van der Waals surface area (Å²) < 4.78 is 1.80. The minimum Gasteiger partial charge on any atom is -0.347 e. The standard InChI is InChI=1S/C16H15N3OS2/c1-19-12(10-14(18-19)15-5-3-9-22-15)11-17-16(20)7-6-13-4-2-8-21-13/h2-10H,11H2,1H3,(H,17,20). The van der Waals surface area contributed by atoms with Gasteiger partial charge in [0.1, 0.15) is 5.69 Å². The molecule has 0 unspecified atom stereocenters. The summed E-state index contributed by atoms with van der Waals surface area (Å²) in [5.41, 5.74) is 1.91. The van der Waals surface area contributed by atoms with Crippen molar-refractivity contribution in [1.82, 2.24) is 15.1 Å². The summed E-state index contributed by atoms with van der Waals surface area (Å²) in [5.74, 6) is -0.104. The van der Waals surface area contributed by atoms with E-state index in [0.717, 1.165) is 21.1 Å². The van der Waals surface area contributed by atoms with Crippen molar-refractivity contribution in [2.45, 2.75) is 6.54 Å². The molecule has 112 valence electrons. The average Bonchev–Trinajstić information content (AvgIpc) is 3.24. The van der Waals surface area contributed by atoms with Gasteiger partial charge in [-0.3, -0.25) is 9.48 Å². The molecule has 3 aromatic heterocycles. The molecule has 3 rings (SSSR count). The third-order valence-corrected chi connectivity index (χ3v) is 4.87. The Hall–Kier alpha value is -2.18. The van der Waals surface area contributed by atoms with Crippen molar-refractivity contribution in [1.29, 1.82) is 0 Å². The highest BCUT2D eigenvalue weighted by Gasteiger charge is 2.08. The van der Waals surface area contributed by atoms with E-state index in [2.05, 4.69) is 10.4 Å². The number of aromatic nitrogens is 2. The number of nitrogens with zero attached hydrogens (tertiary/aromatic N) is 2. The second-order valence-corrected chi connectivity index (χ2v) is 6.62. The van der Waals surface area contributed by atoms with Gasteiger partial charge in [0, 0.05) is 18.0 Å². The molecule has 0 spiro atoms. The van der Waals surface area contributed by atoms with Crippen molar-refractivity contribution in [3.8, 4) is 10.6 Å². The normalized spacial score (nSPS) is 11.1. The van der Waals surface area contributed by atoms with Gasteiger partial charge in [-0.15, -0.1) is 22.7 Å². The number of hydrogen-bond acceptors (Lipinski definition) is 4. The van der Waals surface area contributed by atoms with Gasteiger partial charge in [-0.25, -0.2) is 0 Å². The molecular formula is C16H15N3OS2. The van der Waals surface area contributed by atoms with E-state index in [-0.39, 0.29) is 5.91 Å². The molecule has 0 saturated heterocycles. The lowest BCUT2D eigenvalue weighted by Crippen LogP contribution is -2.21. The quantitative estimate of drug-likeness (QED) is 0.728. The van der Waals surface area contributed by atoms with E-state index in [0.29, 0.717) is 6.54 Å². The van der Waals surface area contributed by atoms with E-state index in [1.807, 2.05) is 54.2 Å². The molecule has 4 nitrogen and oxygen atoms in total. The molecular weight excluding hydrogens is 314 g/mol. The Morgan fingerprint density at radius 2 is 2.14 bits per heavy atom. The summed E-state index contributed by atoms with van der Waals surface area (Å²) in [6.45, 7) is 0.461. The van der Waals surface area contributed by atoms with Crippen LogP contribution in [0.1, 0.15) is 10.6 Å². The fourth-order valence-corrected chi connectivity index (χ4v) is 3.30. The van der Waals surface area contributed by atoms with E-state index in [1.54, 1.807) is 33.4 Å². The third-order valence-electron chi connectivity index (χ3n) is 3.14. The largest absolute Gasteiger partial charge is 0.347 e. The highest BCUT2D eigenvalue weighted by molar-refractivity contribution is 7.13. The number of hydrogen-bond donors (Lipinski definition) is 1. The Morgan fingerprint density at radius 1 is 1.32 bits per heavy atom. The van der Waals surface area contributed by atoms with Crippen LogP contribution in [0.15, 0.2) is 47.2 Å². The number of thiophene rings is 2. The van der Waals surface area contributed by atoms with Crippen LogP contribution in [0.2, 0.25) is 0 Å². The molecule has 0 aliphatic rings. The molecule has 6 heteroatoms. The Kier molecular flexibility index (Phi) is 4.50. The number of carbonyl (C=O) groups excluding carboxylic acids is 1. The molecule has 1 amide bonds. The zero-order chi connectivity index (χ0) is 15.4. The molecule has 0 fully saturated rings. The fraction of sp³-hybridized carbons (Fsp3) is 0.125. The van der Waals surface area contributed by atoms with Crippen molar-refractivity contribution < 1.29 is 4.79 Å². The molecule has 22 heavy (non-hydrogen) atoms. The van der Waals surface area contributed by atoms with Crippen molar-refractivity contribution in [2.24, 2.45) is 7.05 Å². The van der Waals surface area contributed by atoms with Crippen LogP contribution < -0.4 is 5.32 Å². The van der Waals surface area contributed by atoms with Gasteiger partial charge < -0.3 is 5.32 Å². The van der Waals surface area contributed by atoms with Crippen LogP contribution in [-0.4, -0.2) is 15.7 Å².